The Morgan fingerprint density at radius 3 is 2.83 bits per heavy atom. The second-order valence-electron chi connectivity index (χ2n) is 8.13. The van der Waals surface area contributed by atoms with Crippen molar-refractivity contribution in [2.24, 2.45) is 0 Å². The lowest BCUT2D eigenvalue weighted by molar-refractivity contribution is 0.316. The normalized spacial score (nSPS) is 17.5. The molecule has 0 amide bonds. The van der Waals surface area contributed by atoms with E-state index in [1.54, 1.807) is 19.5 Å². The molecule has 0 N–H and O–H groups in total. The maximum absolute atomic E-state index is 5.64. The minimum Gasteiger partial charge on any atom is -0.496 e. The predicted octanol–water partition coefficient (Wildman–Crippen LogP) is 2.69. The summed E-state index contributed by atoms with van der Waals surface area (Å²) in [6.07, 6.45) is 4.61. The van der Waals surface area contributed by atoms with Crippen LogP contribution in [0.15, 0.2) is 30.6 Å². The van der Waals surface area contributed by atoms with E-state index in [0.717, 1.165) is 61.8 Å². The lowest BCUT2D eigenvalue weighted by atomic mass is 10.0. The zero-order valence-corrected chi connectivity index (χ0v) is 17.8. The third kappa shape index (κ3) is 4.11. The van der Waals surface area contributed by atoms with Crippen molar-refractivity contribution < 1.29 is 4.74 Å². The highest BCUT2D eigenvalue weighted by Gasteiger charge is 2.29. The number of aromatic nitrogens is 4. The fourth-order valence-corrected chi connectivity index (χ4v) is 4.22. The highest BCUT2D eigenvalue weighted by Crippen LogP contribution is 2.32. The van der Waals surface area contributed by atoms with Crippen LogP contribution in [0.2, 0.25) is 0 Å². The summed E-state index contributed by atoms with van der Waals surface area (Å²) in [5, 5.41) is 4.95. The number of nitrogens with zero attached hydrogens (tertiary/aromatic N) is 6. The van der Waals surface area contributed by atoms with Gasteiger partial charge in [0.2, 0.25) is 0 Å². The lowest BCUT2D eigenvalue weighted by Crippen LogP contribution is -2.21. The van der Waals surface area contributed by atoms with Crippen LogP contribution in [-0.2, 0) is 13.1 Å². The van der Waals surface area contributed by atoms with E-state index in [-0.39, 0.29) is 0 Å². The Balaban J connectivity index is 1.54. The molecule has 2 aromatic heterocycles. The molecule has 1 saturated heterocycles. The van der Waals surface area contributed by atoms with Gasteiger partial charge in [-0.25, -0.2) is 14.6 Å². The van der Waals surface area contributed by atoms with E-state index in [1.165, 1.54) is 11.1 Å². The molecule has 4 rings (SSSR count). The number of methoxy groups -OCH3 is 1. The van der Waals surface area contributed by atoms with Gasteiger partial charge in [-0.1, -0.05) is 18.2 Å². The second-order valence-corrected chi connectivity index (χ2v) is 8.13. The first-order valence-electron chi connectivity index (χ1n) is 10.2. The minimum atomic E-state index is 0.380. The molecule has 1 fully saturated rings. The maximum atomic E-state index is 5.64. The van der Waals surface area contributed by atoms with Gasteiger partial charge in [0, 0.05) is 43.5 Å². The molecular weight excluding hydrogens is 364 g/mol. The zero-order valence-electron chi connectivity index (χ0n) is 17.8. The molecule has 1 aromatic carbocycles. The highest BCUT2D eigenvalue weighted by molar-refractivity contribution is 5.73. The second kappa shape index (κ2) is 8.47. The molecule has 0 aliphatic carbocycles. The molecule has 0 unspecified atom stereocenters. The first-order chi connectivity index (χ1) is 14.1. The van der Waals surface area contributed by atoms with Crippen LogP contribution in [0.25, 0.3) is 11.2 Å². The number of aryl methyl sites for hydroxylation is 1. The Bertz CT molecular complexity index is 983. The Kier molecular flexibility index (Phi) is 5.78. The van der Waals surface area contributed by atoms with Crippen molar-refractivity contribution in [3.63, 3.8) is 0 Å². The van der Waals surface area contributed by atoms with Crippen molar-refractivity contribution in [3.05, 3.63) is 47.4 Å². The lowest BCUT2D eigenvalue weighted by Gasteiger charge is -2.18. The summed E-state index contributed by atoms with van der Waals surface area (Å²) >= 11 is 0. The number of benzene rings is 1. The first kappa shape index (κ1) is 19.8. The van der Waals surface area contributed by atoms with Gasteiger partial charge < -0.3 is 9.64 Å². The van der Waals surface area contributed by atoms with Gasteiger partial charge in [-0.05, 0) is 39.5 Å². The number of para-hydroxylation sites is 1. The Morgan fingerprint density at radius 1 is 1.21 bits per heavy atom. The van der Waals surface area contributed by atoms with Crippen LogP contribution in [0.4, 0.5) is 0 Å². The molecule has 1 atom stereocenters. The van der Waals surface area contributed by atoms with Crippen LogP contribution in [0.3, 0.4) is 0 Å². The predicted molar refractivity (Wildman–Crippen MR) is 114 cm³/mol. The van der Waals surface area contributed by atoms with Crippen LogP contribution in [0, 0.1) is 6.92 Å². The van der Waals surface area contributed by atoms with Gasteiger partial charge in [0.1, 0.15) is 11.3 Å². The molecule has 154 valence electrons. The van der Waals surface area contributed by atoms with Gasteiger partial charge in [-0.15, -0.1) is 0 Å². The van der Waals surface area contributed by atoms with E-state index < -0.39 is 0 Å². The van der Waals surface area contributed by atoms with E-state index in [4.69, 9.17) is 9.84 Å². The quantitative estimate of drug-likeness (QED) is 0.614. The molecular formula is C22H30N6O. The fraction of sp³-hybridized carbons (Fsp3) is 0.500. The average Bonchev–Trinajstić information content (AvgIpc) is 3.31. The molecule has 0 saturated carbocycles. The average molecular weight is 395 g/mol. The van der Waals surface area contributed by atoms with Crippen LogP contribution < -0.4 is 4.74 Å². The number of hydrogen-bond donors (Lipinski definition) is 0. The molecule has 0 bridgehead atoms. The van der Waals surface area contributed by atoms with Crippen molar-refractivity contribution >= 4 is 11.2 Å². The molecule has 7 heteroatoms. The summed E-state index contributed by atoms with van der Waals surface area (Å²) in [5.41, 5.74) is 5.36. The smallest absolute Gasteiger partial charge is 0.177 e. The van der Waals surface area contributed by atoms with Crippen molar-refractivity contribution in [1.82, 2.24) is 29.5 Å². The van der Waals surface area contributed by atoms with Gasteiger partial charge in [0.05, 0.1) is 19.3 Å². The summed E-state index contributed by atoms with van der Waals surface area (Å²) in [5.74, 6) is 1.38. The van der Waals surface area contributed by atoms with Gasteiger partial charge >= 0.3 is 0 Å². The molecule has 29 heavy (non-hydrogen) atoms. The number of likely N-dealkylation sites (N-methyl/N-ethyl adjacent to an activating group) is 1. The summed E-state index contributed by atoms with van der Waals surface area (Å²) in [4.78, 5) is 13.8. The number of hydrogen-bond acceptors (Lipinski definition) is 6. The minimum absolute atomic E-state index is 0.380. The summed E-state index contributed by atoms with van der Waals surface area (Å²) in [6.45, 7) is 6.77. The Labute approximate surface area is 172 Å². The molecule has 0 spiro atoms. The van der Waals surface area contributed by atoms with E-state index >= 15 is 0 Å². The standard InChI is InChI=1S/C22H30N6O/c1-16-6-5-7-18(21(16)29-4)15-27-11-8-17(14-27)19-20-22(24-10-9-23-20)28(25-19)13-12-26(2)3/h5-7,9-10,17H,8,11-15H2,1-4H3/t17-/m1/s1. The molecule has 3 heterocycles. The van der Waals surface area contributed by atoms with Crippen molar-refractivity contribution in [2.75, 3.05) is 40.8 Å². The number of fused-ring (bicyclic) bond motifs is 1. The SMILES string of the molecule is COc1c(C)cccc1CN1CC[C@@H](c2nn(CCN(C)C)c3nccnc23)C1. The highest BCUT2D eigenvalue weighted by atomic mass is 16.5. The third-order valence-corrected chi connectivity index (χ3v) is 5.70. The summed E-state index contributed by atoms with van der Waals surface area (Å²) in [6, 6.07) is 6.37. The molecule has 1 aliphatic rings. The van der Waals surface area contributed by atoms with Gasteiger partial charge in [-0.2, -0.15) is 5.10 Å². The Morgan fingerprint density at radius 2 is 2.03 bits per heavy atom. The molecule has 1 aliphatic heterocycles. The van der Waals surface area contributed by atoms with Crippen LogP contribution >= 0.6 is 0 Å². The maximum Gasteiger partial charge on any atom is 0.177 e. The third-order valence-electron chi connectivity index (χ3n) is 5.70. The van der Waals surface area contributed by atoms with Crippen LogP contribution in [0.1, 0.15) is 29.2 Å². The molecule has 0 radical (unpaired) electrons. The largest absolute Gasteiger partial charge is 0.496 e. The van der Waals surface area contributed by atoms with Crippen molar-refractivity contribution in [1.29, 1.82) is 0 Å². The van der Waals surface area contributed by atoms with Crippen molar-refractivity contribution in [3.8, 4) is 5.75 Å². The van der Waals surface area contributed by atoms with E-state index in [9.17, 15) is 0 Å². The summed E-state index contributed by atoms with van der Waals surface area (Å²) in [7, 11) is 5.91. The van der Waals surface area contributed by atoms with Gasteiger partial charge in [0.15, 0.2) is 5.65 Å². The number of ether oxygens (including phenoxy) is 1. The van der Waals surface area contributed by atoms with E-state index in [0.29, 0.717) is 5.92 Å². The number of likely N-dealkylation sites (tertiary alicyclic amines) is 1. The zero-order chi connectivity index (χ0) is 20.4. The fourth-order valence-electron chi connectivity index (χ4n) is 4.22. The van der Waals surface area contributed by atoms with E-state index in [1.807, 2.05) is 4.68 Å². The van der Waals surface area contributed by atoms with Gasteiger partial charge in [0.25, 0.3) is 0 Å². The van der Waals surface area contributed by atoms with Crippen LogP contribution in [0.5, 0.6) is 5.75 Å². The van der Waals surface area contributed by atoms with E-state index in [2.05, 4.69) is 59.0 Å². The monoisotopic (exact) mass is 394 g/mol. The first-order valence-corrected chi connectivity index (χ1v) is 10.2. The van der Waals surface area contributed by atoms with Gasteiger partial charge in [-0.3, -0.25) is 4.90 Å². The Hall–Kier alpha value is -2.51. The van der Waals surface area contributed by atoms with Crippen molar-refractivity contribution in [2.45, 2.75) is 32.4 Å². The number of rotatable bonds is 7. The summed E-state index contributed by atoms with van der Waals surface area (Å²) < 4.78 is 7.66. The molecule has 3 aromatic rings. The molecule has 7 nitrogen and oxygen atoms in total. The topological polar surface area (TPSA) is 59.3 Å². The van der Waals surface area contributed by atoms with Crippen LogP contribution in [-0.4, -0.2) is 70.4 Å².